The molecule has 0 aliphatic rings. The van der Waals surface area contributed by atoms with Gasteiger partial charge in [-0.1, -0.05) is 13.8 Å². The molecule has 0 unspecified atom stereocenters. The summed E-state index contributed by atoms with van der Waals surface area (Å²) < 4.78 is 17.4. The predicted octanol–water partition coefficient (Wildman–Crippen LogP) is 3.34. The van der Waals surface area contributed by atoms with E-state index in [9.17, 15) is 4.79 Å². The molecule has 0 saturated heterocycles. The molecule has 0 aliphatic heterocycles. The third-order valence-electron chi connectivity index (χ3n) is 4.03. The van der Waals surface area contributed by atoms with Crippen molar-refractivity contribution in [3.05, 3.63) is 34.6 Å². The van der Waals surface area contributed by atoms with E-state index in [0.29, 0.717) is 28.7 Å². The second-order valence-corrected chi connectivity index (χ2v) is 5.87. The van der Waals surface area contributed by atoms with E-state index in [-0.39, 0.29) is 5.91 Å². The van der Waals surface area contributed by atoms with Crippen molar-refractivity contribution in [2.75, 3.05) is 21.3 Å². The Bertz CT molecular complexity index is 738. The molecule has 2 rings (SSSR count). The summed E-state index contributed by atoms with van der Waals surface area (Å²) in [5, 5.41) is 4.42. The second-order valence-electron chi connectivity index (χ2n) is 5.87. The fourth-order valence-electron chi connectivity index (χ4n) is 3.01. The zero-order chi connectivity index (χ0) is 18.0. The zero-order valence-electron chi connectivity index (χ0n) is 15.3. The van der Waals surface area contributed by atoms with Crippen LogP contribution < -0.4 is 14.2 Å². The molecule has 2 aromatic rings. The summed E-state index contributed by atoms with van der Waals surface area (Å²) in [7, 11) is 4.56. The molecule has 24 heavy (non-hydrogen) atoms. The van der Waals surface area contributed by atoms with Gasteiger partial charge in [-0.15, -0.1) is 0 Å². The Labute approximate surface area is 142 Å². The fraction of sp³-hybridized carbons (Fsp3) is 0.444. The van der Waals surface area contributed by atoms with Gasteiger partial charge in [0.25, 0.3) is 5.91 Å². The second kappa shape index (κ2) is 6.95. The first-order valence-electron chi connectivity index (χ1n) is 7.76. The molecular formula is C18H24N2O4. The van der Waals surface area contributed by atoms with Gasteiger partial charge >= 0.3 is 0 Å². The molecule has 0 saturated carbocycles. The molecule has 1 aromatic carbocycles. The van der Waals surface area contributed by atoms with E-state index in [0.717, 1.165) is 17.0 Å². The Morgan fingerprint density at radius 2 is 1.58 bits per heavy atom. The molecule has 0 amide bonds. The van der Waals surface area contributed by atoms with Crippen molar-refractivity contribution in [3.8, 4) is 17.2 Å². The number of rotatable bonds is 5. The van der Waals surface area contributed by atoms with Gasteiger partial charge in [-0.3, -0.25) is 4.79 Å². The maximum atomic E-state index is 12.9. The number of ether oxygens (including phenoxy) is 3. The normalized spacial score (nSPS) is 10.8. The highest BCUT2D eigenvalue weighted by Crippen LogP contribution is 2.38. The summed E-state index contributed by atoms with van der Waals surface area (Å²) in [5.74, 6) is 1.39. The topological polar surface area (TPSA) is 62.6 Å². The number of hydrogen-bond donors (Lipinski definition) is 0. The molecule has 1 aromatic heterocycles. The van der Waals surface area contributed by atoms with Crippen molar-refractivity contribution in [2.45, 2.75) is 33.6 Å². The highest BCUT2D eigenvalue weighted by molar-refractivity contribution is 5.97. The minimum atomic E-state index is -0.234. The summed E-state index contributed by atoms with van der Waals surface area (Å²) >= 11 is 0. The summed E-state index contributed by atoms with van der Waals surface area (Å²) in [4.78, 5) is 12.9. The lowest BCUT2D eigenvalue weighted by molar-refractivity contribution is 0.0941. The lowest BCUT2D eigenvalue weighted by Gasteiger charge is -2.14. The third-order valence-corrected chi connectivity index (χ3v) is 4.03. The van der Waals surface area contributed by atoms with Gasteiger partial charge in [0.15, 0.2) is 11.5 Å². The Hall–Kier alpha value is -2.50. The van der Waals surface area contributed by atoms with Crippen LogP contribution in [0.15, 0.2) is 12.1 Å². The number of carbonyl (C=O) groups is 1. The van der Waals surface area contributed by atoms with Crippen LogP contribution in [0.2, 0.25) is 0 Å². The monoisotopic (exact) mass is 332 g/mol. The fourth-order valence-corrected chi connectivity index (χ4v) is 3.01. The summed E-state index contributed by atoms with van der Waals surface area (Å²) in [6, 6.07) is 3.27. The van der Waals surface area contributed by atoms with Gasteiger partial charge < -0.3 is 14.2 Å². The third kappa shape index (κ3) is 2.96. The molecule has 0 bridgehead atoms. The highest BCUT2D eigenvalue weighted by Gasteiger charge is 2.22. The Morgan fingerprint density at radius 3 is 1.96 bits per heavy atom. The molecule has 1 heterocycles. The number of aromatic nitrogens is 2. The number of nitrogens with zero attached hydrogens (tertiary/aromatic N) is 2. The van der Waals surface area contributed by atoms with Crippen LogP contribution in [0.25, 0.3) is 0 Å². The van der Waals surface area contributed by atoms with Gasteiger partial charge in [-0.25, -0.2) is 4.68 Å². The van der Waals surface area contributed by atoms with Crippen LogP contribution in [0, 0.1) is 13.8 Å². The molecular weight excluding hydrogens is 308 g/mol. The SMILES string of the molecule is COc1cc(C(=O)n2nc(C)c(C(C)C)c2C)cc(OC)c1OC. The van der Waals surface area contributed by atoms with Crippen LogP contribution in [0.1, 0.15) is 47.1 Å². The van der Waals surface area contributed by atoms with E-state index in [1.54, 1.807) is 12.1 Å². The predicted molar refractivity (Wildman–Crippen MR) is 91.6 cm³/mol. The van der Waals surface area contributed by atoms with Crippen LogP contribution in [0.3, 0.4) is 0 Å². The minimum Gasteiger partial charge on any atom is -0.493 e. The average Bonchev–Trinajstić information content (AvgIpc) is 2.87. The van der Waals surface area contributed by atoms with E-state index < -0.39 is 0 Å². The lowest BCUT2D eigenvalue weighted by Crippen LogP contribution is -2.16. The van der Waals surface area contributed by atoms with Gasteiger partial charge in [0, 0.05) is 11.3 Å². The molecule has 0 aliphatic carbocycles. The number of methoxy groups -OCH3 is 3. The maximum absolute atomic E-state index is 12.9. The first-order chi connectivity index (χ1) is 11.3. The van der Waals surface area contributed by atoms with Crippen molar-refractivity contribution in [1.82, 2.24) is 9.78 Å². The maximum Gasteiger partial charge on any atom is 0.278 e. The average molecular weight is 332 g/mol. The van der Waals surface area contributed by atoms with Gasteiger partial charge in [0.1, 0.15) is 0 Å². The van der Waals surface area contributed by atoms with Crippen molar-refractivity contribution < 1.29 is 19.0 Å². The molecule has 0 radical (unpaired) electrons. The van der Waals surface area contributed by atoms with Crippen molar-refractivity contribution in [1.29, 1.82) is 0 Å². The molecule has 130 valence electrons. The number of benzene rings is 1. The van der Waals surface area contributed by atoms with Gasteiger partial charge in [-0.05, 0) is 37.5 Å². The molecule has 6 heteroatoms. The first kappa shape index (κ1) is 17.8. The lowest BCUT2D eigenvalue weighted by atomic mass is 10.0. The highest BCUT2D eigenvalue weighted by atomic mass is 16.5. The Balaban J connectivity index is 2.57. The Morgan fingerprint density at radius 1 is 1.04 bits per heavy atom. The van der Waals surface area contributed by atoms with E-state index in [1.807, 2.05) is 13.8 Å². The molecule has 0 fully saturated rings. The summed E-state index contributed by atoms with van der Waals surface area (Å²) in [6.07, 6.45) is 0. The van der Waals surface area contributed by atoms with E-state index in [4.69, 9.17) is 14.2 Å². The largest absolute Gasteiger partial charge is 0.493 e. The quantitative estimate of drug-likeness (QED) is 0.840. The van der Waals surface area contributed by atoms with E-state index in [2.05, 4.69) is 18.9 Å². The first-order valence-corrected chi connectivity index (χ1v) is 7.76. The minimum absolute atomic E-state index is 0.234. The van der Waals surface area contributed by atoms with Crippen molar-refractivity contribution in [3.63, 3.8) is 0 Å². The van der Waals surface area contributed by atoms with Gasteiger partial charge in [0.05, 0.1) is 27.0 Å². The summed E-state index contributed by atoms with van der Waals surface area (Å²) in [5.41, 5.74) is 3.23. The molecule has 0 atom stereocenters. The van der Waals surface area contributed by atoms with Crippen LogP contribution in [-0.4, -0.2) is 37.0 Å². The van der Waals surface area contributed by atoms with Gasteiger partial charge in [-0.2, -0.15) is 5.10 Å². The smallest absolute Gasteiger partial charge is 0.278 e. The van der Waals surface area contributed by atoms with Crippen LogP contribution in [0.4, 0.5) is 0 Å². The van der Waals surface area contributed by atoms with Crippen LogP contribution in [-0.2, 0) is 0 Å². The van der Waals surface area contributed by atoms with Crippen molar-refractivity contribution in [2.24, 2.45) is 0 Å². The molecule has 6 nitrogen and oxygen atoms in total. The van der Waals surface area contributed by atoms with Crippen LogP contribution in [0.5, 0.6) is 17.2 Å². The zero-order valence-corrected chi connectivity index (χ0v) is 15.3. The van der Waals surface area contributed by atoms with Crippen LogP contribution >= 0.6 is 0 Å². The Kier molecular flexibility index (Phi) is 5.17. The van der Waals surface area contributed by atoms with Crippen molar-refractivity contribution >= 4 is 5.91 Å². The number of carbonyl (C=O) groups excluding carboxylic acids is 1. The van der Waals surface area contributed by atoms with E-state index in [1.165, 1.54) is 26.0 Å². The number of aryl methyl sites for hydroxylation is 1. The molecule has 0 N–H and O–H groups in total. The molecule has 0 spiro atoms. The number of hydrogen-bond acceptors (Lipinski definition) is 5. The van der Waals surface area contributed by atoms with E-state index >= 15 is 0 Å². The summed E-state index contributed by atoms with van der Waals surface area (Å²) in [6.45, 7) is 8.00. The van der Waals surface area contributed by atoms with Gasteiger partial charge in [0.2, 0.25) is 5.75 Å². The standard InChI is InChI=1S/C18H24N2O4/c1-10(2)16-11(3)19-20(12(16)4)18(21)13-8-14(22-5)17(24-7)15(9-13)23-6/h8-10H,1-7H3.